The number of nitrogens with zero attached hydrogens (tertiary/aromatic N) is 4. The Labute approximate surface area is 230 Å². The molecule has 0 aliphatic carbocycles. The Morgan fingerprint density at radius 3 is 2.50 bits per heavy atom. The number of hydrogen-bond acceptors (Lipinski definition) is 7. The van der Waals surface area contributed by atoms with Crippen molar-refractivity contribution in [3.63, 3.8) is 0 Å². The highest BCUT2D eigenvalue weighted by atomic mass is 32.2. The van der Waals surface area contributed by atoms with Gasteiger partial charge in [-0.15, -0.1) is 0 Å². The van der Waals surface area contributed by atoms with E-state index in [9.17, 15) is 28.0 Å². The Balaban J connectivity index is 1.95. The van der Waals surface area contributed by atoms with E-state index in [1.54, 1.807) is 12.1 Å². The smallest absolute Gasteiger partial charge is 0.305 e. The fraction of sp³-hybridized carbons (Fsp3) is 0.286. The Hall–Kier alpha value is -4.37. The van der Waals surface area contributed by atoms with Crippen molar-refractivity contribution in [1.82, 2.24) is 13.9 Å². The topological polar surface area (TPSA) is 138 Å². The third-order valence-corrected chi connectivity index (χ3v) is 8.72. The van der Waals surface area contributed by atoms with E-state index in [-0.39, 0.29) is 45.0 Å². The van der Waals surface area contributed by atoms with Gasteiger partial charge in [0.15, 0.2) is 17.3 Å². The van der Waals surface area contributed by atoms with Gasteiger partial charge in [-0.3, -0.25) is 4.79 Å². The van der Waals surface area contributed by atoms with Gasteiger partial charge in [-0.2, -0.15) is 5.26 Å². The number of rotatable bonds is 9. The molecule has 208 valence electrons. The van der Waals surface area contributed by atoms with Crippen molar-refractivity contribution in [2.24, 2.45) is 5.41 Å². The third-order valence-electron chi connectivity index (χ3n) is 7.05. The van der Waals surface area contributed by atoms with Crippen LogP contribution in [0.3, 0.4) is 0 Å². The van der Waals surface area contributed by atoms with E-state index in [1.807, 2.05) is 33.8 Å². The maximum absolute atomic E-state index is 15.2. The number of aryl methyl sites for hydroxylation is 1. The molecule has 2 N–H and O–H groups in total. The summed E-state index contributed by atoms with van der Waals surface area (Å²) in [6, 6.07) is 9.22. The zero-order valence-corrected chi connectivity index (χ0v) is 23.1. The number of carbonyl (C=O) groups is 1. The van der Waals surface area contributed by atoms with Gasteiger partial charge in [-0.25, -0.2) is 31.1 Å². The molecule has 3 aromatic heterocycles. The summed E-state index contributed by atoms with van der Waals surface area (Å²) in [5, 5.41) is 22.1. The van der Waals surface area contributed by atoms with Crippen LogP contribution in [0.2, 0.25) is 0 Å². The minimum atomic E-state index is -4.21. The highest BCUT2D eigenvalue weighted by Gasteiger charge is 2.32. The molecule has 0 saturated heterocycles. The molecule has 0 bridgehead atoms. The normalized spacial score (nSPS) is 12.7. The maximum atomic E-state index is 15.2. The van der Waals surface area contributed by atoms with Gasteiger partial charge in [0.2, 0.25) is 0 Å². The lowest BCUT2D eigenvalue weighted by Crippen LogP contribution is -2.38. The summed E-state index contributed by atoms with van der Waals surface area (Å²) in [7, 11) is -4.21. The molecule has 4 aromatic rings. The van der Waals surface area contributed by atoms with Crippen molar-refractivity contribution in [2.45, 2.75) is 51.5 Å². The Kier molecular flexibility index (Phi) is 7.63. The molecule has 0 amide bonds. The number of anilines is 1. The van der Waals surface area contributed by atoms with Crippen molar-refractivity contribution >= 4 is 32.8 Å². The predicted octanol–water partition coefficient (Wildman–Crippen LogP) is 5.49. The second-order valence-electron chi connectivity index (χ2n) is 10.1. The number of aromatic nitrogens is 3. The van der Waals surface area contributed by atoms with Crippen LogP contribution in [-0.4, -0.2) is 39.5 Å². The van der Waals surface area contributed by atoms with E-state index >= 15 is 4.39 Å². The average Bonchev–Trinajstić information content (AvgIpc) is 3.28. The number of fused-ring (bicyclic) bond motifs is 1. The molecular formula is C28H27F2N5O4S. The third kappa shape index (κ3) is 5.37. The standard InChI is InChI=1S/C28H27F2N5O4S/c1-5-28(3,4)23(12-24(36)37)33-26-22(30)10-17(13-31)25(34-26)21-15-35(27-20(21)11-18(29)14-32-27)40(38,39)19-8-6-16(2)7-9-19/h6-11,14-15,23H,5,12H2,1-4H3,(H,33,34)(H,36,37). The number of hydrogen-bond donors (Lipinski definition) is 2. The van der Waals surface area contributed by atoms with Crippen molar-refractivity contribution in [3.8, 4) is 17.3 Å². The van der Waals surface area contributed by atoms with Gasteiger partial charge in [0.05, 0.1) is 28.8 Å². The molecule has 1 aromatic carbocycles. The van der Waals surface area contributed by atoms with Gasteiger partial charge in [0, 0.05) is 23.2 Å². The fourth-order valence-corrected chi connectivity index (χ4v) is 5.56. The Bertz CT molecular complexity index is 1760. The number of nitrogens with one attached hydrogen (secondary N) is 1. The largest absolute Gasteiger partial charge is 0.481 e. The minimum absolute atomic E-state index is 0.0295. The van der Waals surface area contributed by atoms with Crippen LogP contribution in [0.5, 0.6) is 0 Å². The molecule has 1 unspecified atom stereocenters. The Morgan fingerprint density at radius 1 is 1.23 bits per heavy atom. The lowest BCUT2D eigenvalue weighted by atomic mass is 9.80. The molecule has 0 aliphatic heterocycles. The van der Waals surface area contributed by atoms with Gasteiger partial charge in [0.1, 0.15) is 11.9 Å². The monoisotopic (exact) mass is 567 g/mol. The quantitative estimate of drug-likeness (QED) is 0.271. The molecule has 0 spiro atoms. The van der Waals surface area contributed by atoms with E-state index in [0.29, 0.717) is 6.42 Å². The van der Waals surface area contributed by atoms with Crippen LogP contribution < -0.4 is 5.32 Å². The number of halogens is 2. The lowest BCUT2D eigenvalue weighted by Gasteiger charge is -2.33. The van der Waals surface area contributed by atoms with E-state index < -0.39 is 39.1 Å². The van der Waals surface area contributed by atoms with E-state index in [4.69, 9.17) is 0 Å². The molecule has 12 heteroatoms. The molecule has 9 nitrogen and oxygen atoms in total. The van der Waals surface area contributed by atoms with Crippen molar-refractivity contribution in [2.75, 3.05) is 5.32 Å². The molecule has 0 fully saturated rings. The summed E-state index contributed by atoms with van der Waals surface area (Å²) in [5.41, 5.74) is -0.169. The zero-order valence-electron chi connectivity index (χ0n) is 22.2. The minimum Gasteiger partial charge on any atom is -0.481 e. The van der Waals surface area contributed by atoms with Crippen LogP contribution in [0.4, 0.5) is 14.6 Å². The van der Waals surface area contributed by atoms with Gasteiger partial charge in [-0.1, -0.05) is 38.5 Å². The first-order chi connectivity index (χ1) is 18.8. The van der Waals surface area contributed by atoms with Crippen LogP contribution in [0.15, 0.2) is 53.7 Å². The van der Waals surface area contributed by atoms with Crippen LogP contribution in [0, 0.1) is 35.3 Å². The second kappa shape index (κ2) is 10.7. The summed E-state index contributed by atoms with van der Waals surface area (Å²) >= 11 is 0. The first-order valence-electron chi connectivity index (χ1n) is 12.4. The van der Waals surface area contributed by atoms with E-state index in [1.165, 1.54) is 18.3 Å². The maximum Gasteiger partial charge on any atom is 0.305 e. The number of nitriles is 1. The summed E-state index contributed by atoms with van der Waals surface area (Å²) in [5.74, 6) is -3.08. The van der Waals surface area contributed by atoms with Crippen LogP contribution >= 0.6 is 0 Å². The molecule has 3 heterocycles. The van der Waals surface area contributed by atoms with Gasteiger partial charge >= 0.3 is 5.97 Å². The second-order valence-corrected chi connectivity index (χ2v) is 12.0. The summed E-state index contributed by atoms with van der Waals surface area (Å²) in [6.45, 7) is 7.33. The average molecular weight is 568 g/mol. The van der Waals surface area contributed by atoms with Crippen molar-refractivity contribution < 1.29 is 27.1 Å². The lowest BCUT2D eigenvalue weighted by molar-refractivity contribution is -0.137. The molecule has 4 rings (SSSR count). The summed E-state index contributed by atoms with van der Waals surface area (Å²) in [6.07, 6.45) is 2.27. The molecule has 0 saturated carbocycles. The number of pyridine rings is 2. The van der Waals surface area contributed by atoms with Gasteiger partial charge < -0.3 is 10.4 Å². The molecule has 0 radical (unpaired) electrons. The van der Waals surface area contributed by atoms with Crippen LogP contribution in [-0.2, 0) is 14.8 Å². The van der Waals surface area contributed by atoms with Gasteiger partial charge in [0.25, 0.3) is 10.0 Å². The van der Waals surface area contributed by atoms with Crippen molar-refractivity contribution in [3.05, 3.63) is 71.6 Å². The molecular weight excluding hydrogens is 540 g/mol. The number of carboxylic acid groups (broad SMARTS) is 1. The Morgan fingerprint density at radius 2 is 1.90 bits per heavy atom. The first kappa shape index (κ1) is 28.6. The van der Waals surface area contributed by atoms with Crippen LogP contribution in [0.25, 0.3) is 22.3 Å². The van der Waals surface area contributed by atoms with E-state index in [0.717, 1.165) is 27.9 Å². The molecule has 40 heavy (non-hydrogen) atoms. The number of benzene rings is 1. The summed E-state index contributed by atoms with van der Waals surface area (Å²) < 4.78 is 57.5. The highest BCUT2D eigenvalue weighted by Crippen LogP contribution is 2.36. The first-order valence-corrected chi connectivity index (χ1v) is 13.8. The fourth-order valence-electron chi connectivity index (χ4n) is 4.24. The van der Waals surface area contributed by atoms with Crippen LogP contribution in [0.1, 0.15) is 44.7 Å². The zero-order chi connectivity index (χ0) is 29.4. The highest BCUT2D eigenvalue weighted by molar-refractivity contribution is 7.90. The SMILES string of the molecule is CCC(C)(C)C(CC(=O)O)Nc1nc(-c2cn(S(=O)(=O)c3ccc(C)cc3)c3ncc(F)cc23)c(C#N)cc1F. The predicted molar refractivity (Wildman–Crippen MR) is 145 cm³/mol. The number of aliphatic carboxylic acids is 1. The molecule has 0 aliphatic rings. The van der Waals surface area contributed by atoms with Gasteiger partial charge in [-0.05, 0) is 43.0 Å². The molecule has 1 atom stereocenters. The number of carboxylic acids is 1. The summed E-state index contributed by atoms with van der Waals surface area (Å²) in [4.78, 5) is 19.8. The van der Waals surface area contributed by atoms with Crippen molar-refractivity contribution in [1.29, 1.82) is 5.26 Å². The van der Waals surface area contributed by atoms with E-state index in [2.05, 4.69) is 15.3 Å².